The van der Waals surface area contributed by atoms with Gasteiger partial charge in [0.2, 0.25) is 0 Å². The van der Waals surface area contributed by atoms with Crippen molar-refractivity contribution in [1.82, 2.24) is 9.78 Å². The minimum atomic E-state index is -1.15. The Kier molecular flexibility index (Phi) is 5.16. The molecule has 0 saturated heterocycles. The number of rotatable bonds is 5. The van der Waals surface area contributed by atoms with Crippen molar-refractivity contribution in [1.29, 1.82) is 0 Å². The van der Waals surface area contributed by atoms with Crippen LogP contribution in [-0.4, -0.2) is 33.9 Å². The first-order valence-corrected chi connectivity index (χ1v) is 9.35. The molecule has 1 aliphatic rings. The summed E-state index contributed by atoms with van der Waals surface area (Å²) in [5.41, 5.74) is 1.38. The maximum Gasteiger partial charge on any atom is 0.352 e. The second-order valence-corrected chi connectivity index (χ2v) is 6.92. The number of carboxylic acid groups (broad SMARTS) is 1. The van der Waals surface area contributed by atoms with Crippen molar-refractivity contribution in [3.05, 3.63) is 82.7 Å². The van der Waals surface area contributed by atoms with Crippen LogP contribution in [0.15, 0.2) is 66.5 Å². The Morgan fingerprint density at radius 1 is 1.20 bits per heavy atom. The summed E-state index contributed by atoms with van der Waals surface area (Å²) in [7, 11) is 1.56. The monoisotopic (exact) mass is 424 g/mol. The number of halogens is 1. The number of ether oxygens (including phenoxy) is 1. The Morgan fingerprint density at radius 2 is 1.93 bits per heavy atom. The first kappa shape index (κ1) is 19.5. The number of benzene rings is 2. The Bertz CT molecular complexity index is 1150. The second-order valence-electron chi connectivity index (χ2n) is 6.51. The highest BCUT2D eigenvalue weighted by Gasteiger charge is 2.30. The topological polar surface area (TPSA) is 105 Å². The standard InChI is InChI=1S/C21H17ClN4O4/c1-30-13-8-6-12(7-9-13)24-20(27)15-11-23-26-18(14-4-2-3-5-16(14)22)10-17(21(28)29)25-19(15)26/h2-11,18,25H,1H3,(H,24,27)(H,28,29)/t18-/m0/s1. The number of fused-ring (bicyclic) bond motifs is 1. The van der Waals surface area contributed by atoms with Gasteiger partial charge in [0, 0.05) is 10.7 Å². The van der Waals surface area contributed by atoms with Gasteiger partial charge in [0.15, 0.2) is 0 Å². The fourth-order valence-corrected chi connectivity index (χ4v) is 3.44. The molecule has 9 heteroatoms. The number of nitrogens with one attached hydrogen (secondary N) is 2. The van der Waals surface area contributed by atoms with Crippen molar-refractivity contribution < 1.29 is 19.4 Å². The molecule has 1 amide bonds. The van der Waals surface area contributed by atoms with Crippen LogP contribution in [0.4, 0.5) is 11.5 Å². The SMILES string of the molecule is COc1ccc(NC(=O)c2cnn3c2NC(C(=O)O)=C[C@H]3c2ccccc2Cl)cc1. The molecule has 1 aromatic heterocycles. The summed E-state index contributed by atoms with van der Waals surface area (Å²) in [6, 6.07) is 13.4. The molecule has 0 unspecified atom stereocenters. The largest absolute Gasteiger partial charge is 0.497 e. The van der Waals surface area contributed by atoms with Crippen molar-refractivity contribution in [2.24, 2.45) is 0 Å². The van der Waals surface area contributed by atoms with E-state index in [1.165, 1.54) is 17.0 Å². The summed E-state index contributed by atoms with van der Waals surface area (Å²) in [5.74, 6) is -0.651. The molecule has 30 heavy (non-hydrogen) atoms. The third-order valence-electron chi connectivity index (χ3n) is 4.68. The smallest absolute Gasteiger partial charge is 0.352 e. The molecule has 0 spiro atoms. The molecule has 4 rings (SSSR count). The van der Waals surface area contributed by atoms with Gasteiger partial charge in [0.05, 0.1) is 13.3 Å². The summed E-state index contributed by atoms with van der Waals surface area (Å²) in [4.78, 5) is 24.5. The molecule has 3 aromatic rings. The lowest BCUT2D eigenvalue weighted by molar-refractivity contribution is -0.132. The van der Waals surface area contributed by atoms with Crippen molar-refractivity contribution in [3.8, 4) is 5.75 Å². The average molecular weight is 425 g/mol. The third kappa shape index (κ3) is 3.60. The molecular weight excluding hydrogens is 408 g/mol. The fraction of sp³-hybridized carbons (Fsp3) is 0.0952. The lowest BCUT2D eigenvalue weighted by Crippen LogP contribution is -2.25. The summed E-state index contributed by atoms with van der Waals surface area (Å²) in [6.07, 6.45) is 2.90. The zero-order valence-corrected chi connectivity index (χ0v) is 16.6. The van der Waals surface area contributed by atoms with E-state index in [1.807, 2.05) is 0 Å². The van der Waals surface area contributed by atoms with E-state index in [9.17, 15) is 14.7 Å². The minimum Gasteiger partial charge on any atom is -0.497 e. The lowest BCUT2D eigenvalue weighted by atomic mass is 10.0. The molecule has 0 radical (unpaired) electrons. The number of hydrogen-bond acceptors (Lipinski definition) is 5. The normalized spacial score (nSPS) is 14.9. The zero-order valence-electron chi connectivity index (χ0n) is 15.8. The Balaban J connectivity index is 1.70. The summed E-state index contributed by atoms with van der Waals surface area (Å²) < 4.78 is 6.65. The van der Waals surface area contributed by atoms with Crippen LogP contribution >= 0.6 is 11.6 Å². The maximum absolute atomic E-state index is 12.9. The number of anilines is 2. The molecule has 1 atom stereocenters. The number of carbonyl (C=O) groups excluding carboxylic acids is 1. The average Bonchev–Trinajstić information content (AvgIpc) is 3.18. The predicted octanol–water partition coefficient (Wildman–Crippen LogP) is 3.78. The molecule has 0 saturated carbocycles. The molecule has 0 aliphatic carbocycles. The first-order chi connectivity index (χ1) is 14.5. The van der Waals surface area contributed by atoms with E-state index in [-0.39, 0.29) is 17.1 Å². The van der Waals surface area contributed by atoms with Crippen LogP contribution in [0.5, 0.6) is 5.75 Å². The predicted molar refractivity (Wildman–Crippen MR) is 112 cm³/mol. The van der Waals surface area contributed by atoms with E-state index >= 15 is 0 Å². The fourth-order valence-electron chi connectivity index (χ4n) is 3.20. The Hall–Kier alpha value is -3.78. The van der Waals surface area contributed by atoms with Crippen LogP contribution in [0.3, 0.4) is 0 Å². The van der Waals surface area contributed by atoms with Gasteiger partial charge in [0.1, 0.15) is 28.9 Å². The van der Waals surface area contributed by atoms with E-state index in [4.69, 9.17) is 16.3 Å². The van der Waals surface area contributed by atoms with E-state index < -0.39 is 17.9 Å². The first-order valence-electron chi connectivity index (χ1n) is 8.97. The van der Waals surface area contributed by atoms with Crippen molar-refractivity contribution in [3.63, 3.8) is 0 Å². The number of amides is 1. The number of nitrogens with zero attached hydrogens (tertiary/aromatic N) is 2. The number of carboxylic acids is 1. The van der Waals surface area contributed by atoms with Crippen molar-refractivity contribution in [2.75, 3.05) is 17.7 Å². The van der Waals surface area contributed by atoms with Crippen LogP contribution in [-0.2, 0) is 4.79 Å². The van der Waals surface area contributed by atoms with E-state index in [0.717, 1.165) is 0 Å². The van der Waals surface area contributed by atoms with Crippen LogP contribution in [0.2, 0.25) is 5.02 Å². The highest BCUT2D eigenvalue weighted by molar-refractivity contribution is 6.31. The van der Waals surface area contributed by atoms with Crippen LogP contribution in [0.1, 0.15) is 22.0 Å². The highest BCUT2D eigenvalue weighted by Crippen LogP contribution is 2.35. The van der Waals surface area contributed by atoms with Crippen LogP contribution < -0.4 is 15.4 Å². The van der Waals surface area contributed by atoms with E-state index in [2.05, 4.69) is 15.7 Å². The van der Waals surface area contributed by atoms with Crippen molar-refractivity contribution in [2.45, 2.75) is 6.04 Å². The number of allylic oxidation sites excluding steroid dienone is 1. The number of methoxy groups -OCH3 is 1. The van der Waals surface area contributed by atoms with Gasteiger partial charge in [0.25, 0.3) is 5.91 Å². The molecular formula is C21H17ClN4O4. The molecule has 1 aliphatic heterocycles. The Morgan fingerprint density at radius 3 is 2.60 bits per heavy atom. The molecule has 8 nitrogen and oxygen atoms in total. The zero-order chi connectivity index (χ0) is 21.3. The quantitative estimate of drug-likeness (QED) is 0.575. The maximum atomic E-state index is 12.9. The number of carbonyl (C=O) groups is 2. The molecule has 2 heterocycles. The van der Waals surface area contributed by atoms with E-state index in [0.29, 0.717) is 22.0 Å². The third-order valence-corrected chi connectivity index (χ3v) is 5.03. The molecule has 0 fully saturated rings. The number of hydrogen-bond donors (Lipinski definition) is 3. The number of aliphatic carboxylic acids is 1. The van der Waals surface area contributed by atoms with Gasteiger partial charge in [-0.25, -0.2) is 9.48 Å². The Labute approximate surface area is 176 Å². The van der Waals surface area contributed by atoms with Gasteiger partial charge < -0.3 is 20.5 Å². The van der Waals surface area contributed by atoms with Gasteiger partial charge in [-0.1, -0.05) is 29.8 Å². The molecule has 0 bridgehead atoms. The highest BCUT2D eigenvalue weighted by atomic mass is 35.5. The van der Waals surface area contributed by atoms with Gasteiger partial charge in [-0.3, -0.25) is 4.79 Å². The van der Waals surface area contributed by atoms with Gasteiger partial charge >= 0.3 is 5.97 Å². The van der Waals surface area contributed by atoms with Crippen LogP contribution in [0.25, 0.3) is 0 Å². The van der Waals surface area contributed by atoms with Crippen molar-refractivity contribution >= 4 is 35.0 Å². The second kappa shape index (κ2) is 7.92. The van der Waals surface area contributed by atoms with Crippen LogP contribution in [0, 0.1) is 0 Å². The minimum absolute atomic E-state index is 0.0635. The van der Waals surface area contributed by atoms with Gasteiger partial charge in [-0.2, -0.15) is 5.10 Å². The van der Waals surface area contributed by atoms with E-state index in [1.54, 1.807) is 55.6 Å². The lowest BCUT2D eigenvalue weighted by Gasteiger charge is -2.25. The van der Waals surface area contributed by atoms with Gasteiger partial charge in [-0.05, 0) is 42.0 Å². The molecule has 3 N–H and O–H groups in total. The molecule has 2 aromatic carbocycles. The summed E-state index contributed by atoms with van der Waals surface area (Å²) in [6.45, 7) is 0. The molecule has 152 valence electrons. The number of aromatic nitrogens is 2. The summed E-state index contributed by atoms with van der Waals surface area (Å²) >= 11 is 6.33. The van der Waals surface area contributed by atoms with Gasteiger partial charge in [-0.15, -0.1) is 0 Å². The summed E-state index contributed by atoms with van der Waals surface area (Å²) in [5, 5.41) is 19.9.